The molecule has 6 nitrogen and oxygen atoms in total. The zero-order valence-corrected chi connectivity index (χ0v) is 16.8. The van der Waals surface area contributed by atoms with Crippen LogP contribution in [0, 0.1) is 19.3 Å². The number of methoxy groups -OCH3 is 1. The Labute approximate surface area is 156 Å². The third-order valence-corrected chi connectivity index (χ3v) is 4.60. The van der Waals surface area contributed by atoms with Crippen LogP contribution >= 0.6 is 0 Å². The van der Waals surface area contributed by atoms with Gasteiger partial charge in [-0.1, -0.05) is 20.8 Å². The van der Waals surface area contributed by atoms with E-state index in [2.05, 4.69) is 26.1 Å². The van der Waals surface area contributed by atoms with Gasteiger partial charge in [0.05, 0.1) is 7.11 Å². The second-order valence-electron chi connectivity index (χ2n) is 8.14. The van der Waals surface area contributed by atoms with Gasteiger partial charge in [0.25, 0.3) is 5.91 Å². The molecule has 2 rings (SSSR count). The Kier molecular flexibility index (Phi) is 6.16. The van der Waals surface area contributed by atoms with Crippen LogP contribution in [0.15, 0.2) is 12.1 Å². The minimum atomic E-state index is -0.0523. The Morgan fingerprint density at radius 3 is 2.15 bits per heavy atom. The molecular weight excluding hydrogens is 330 g/mol. The van der Waals surface area contributed by atoms with Crippen LogP contribution in [0.3, 0.4) is 0 Å². The van der Waals surface area contributed by atoms with Gasteiger partial charge in [0.1, 0.15) is 5.75 Å². The lowest BCUT2D eigenvalue weighted by atomic mass is 9.97. The number of aryl methyl sites for hydroxylation is 2. The van der Waals surface area contributed by atoms with Crippen molar-refractivity contribution in [2.24, 2.45) is 5.41 Å². The first-order chi connectivity index (χ1) is 12.1. The maximum atomic E-state index is 12.9. The summed E-state index contributed by atoms with van der Waals surface area (Å²) in [6, 6.07) is 3.74. The predicted octanol–water partition coefficient (Wildman–Crippen LogP) is 2.83. The van der Waals surface area contributed by atoms with Crippen molar-refractivity contribution in [2.75, 3.05) is 39.8 Å². The maximum absolute atomic E-state index is 12.9. The van der Waals surface area contributed by atoms with E-state index in [1.54, 1.807) is 12.0 Å². The van der Waals surface area contributed by atoms with Gasteiger partial charge in [-0.2, -0.15) is 0 Å². The fraction of sp³-hybridized carbons (Fsp3) is 0.600. The van der Waals surface area contributed by atoms with Gasteiger partial charge in [-0.05, 0) is 42.5 Å². The summed E-state index contributed by atoms with van der Waals surface area (Å²) in [6.45, 7) is 13.0. The summed E-state index contributed by atoms with van der Waals surface area (Å²) in [5, 5.41) is 2.97. The Morgan fingerprint density at radius 1 is 1.04 bits per heavy atom. The highest BCUT2D eigenvalue weighted by molar-refractivity contribution is 5.96. The molecule has 144 valence electrons. The smallest absolute Gasteiger partial charge is 0.317 e. The molecule has 3 amide bonds. The van der Waals surface area contributed by atoms with Gasteiger partial charge in [-0.25, -0.2) is 4.79 Å². The highest BCUT2D eigenvalue weighted by Gasteiger charge is 2.26. The number of nitrogens with zero attached hydrogens (tertiary/aromatic N) is 2. The summed E-state index contributed by atoms with van der Waals surface area (Å²) in [6.07, 6.45) is 0. The van der Waals surface area contributed by atoms with Crippen molar-refractivity contribution in [1.82, 2.24) is 15.1 Å². The molecule has 1 aromatic rings. The van der Waals surface area contributed by atoms with Crippen molar-refractivity contribution in [3.05, 3.63) is 28.8 Å². The van der Waals surface area contributed by atoms with Crippen LogP contribution in [-0.2, 0) is 0 Å². The van der Waals surface area contributed by atoms with Crippen LogP contribution < -0.4 is 10.1 Å². The number of benzene rings is 1. The maximum Gasteiger partial charge on any atom is 0.317 e. The Morgan fingerprint density at radius 2 is 1.62 bits per heavy atom. The number of nitrogens with one attached hydrogen (secondary N) is 1. The zero-order chi connectivity index (χ0) is 19.5. The number of carbonyl (C=O) groups is 2. The Hall–Kier alpha value is -2.24. The topological polar surface area (TPSA) is 61.9 Å². The molecule has 0 saturated carbocycles. The molecule has 1 aliphatic heterocycles. The van der Waals surface area contributed by atoms with E-state index >= 15 is 0 Å². The third-order valence-electron chi connectivity index (χ3n) is 4.60. The lowest BCUT2D eigenvalue weighted by molar-refractivity contribution is 0.0663. The lowest BCUT2D eigenvalue weighted by Gasteiger charge is -2.35. The molecular formula is C20H31N3O3. The van der Waals surface area contributed by atoms with Gasteiger partial charge >= 0.3 is 6.03 Å². The summed E-state index contributed by atoms with van der Waals surface area (Å²) in [4.78, 5) is 28.7. The molecule has 1 saturated heterocycles. The number of ether oxygens (including phenoxy) is 1. The number of carbonyl (C=O) groups excluding carboxylic acids is 2. The van der Waals surface area contributed by atoms with Gasteiger partial charge in [0.15, 0.2) is 0 Å². The van der Waals surface area contributed by atoms with Crippen molar-refractivity contribution >= 4 is 11.9 Å². The van der Waals surface area contributed by atoms with Crippen molar-refractivity contribution < 1.29 is 14.3 Å². The van der Waals surface area contributed by atoms with Crippen LogP contribution in [0.2, 0.25) is 0 Å². The quantitative estimate of drug-likeness (QED) is 0.900. The molecule has 0 atom stereocenters. The average Bonchev–Trinajstić information content (AvgIpc) is 2.60. The highest BCUT2D eigenvalue weighted by Crippen LogP contribution is 2.24. The minimum absolute atomic E-state index is 0.0167. The van der Waals surface area contributed by atoms with Gasteiger partial charge < -0.3 is 19.9 Å². The summed E-state index contributed by atoms with van der Waals surface area (Å²) in [5.74, 6) is 0.808. The molecule has 0 aliphatic carbocycles. The van der Waals surface area contributed by atoms with Gasteiger partial charge in [0, 0.05) is 38.3 Å². The lowest BCUT2D eigenvalue weighted by Crippen LogP contribution is -2.54. The van der Waals surface area contributed by atoms with Gasteiger partial charge in [-0.15, -0.1) is 0 Å². The van der Waals surface area contributed by atoms with E-state index in [1.165, 1.54) is 0 Å². The monoisotopic (exact) mass is 361 g/mol. The predicted molar refractivity (Wildman–Crippen MR) is 103 cm³/mol. The van der Waals surface area contributed by atoms with Crippen molar-refractivity contribution in [3.8, 4) is 5.75 Å². The van der Waals surface area contributed by atoms with Crippen molar-refractivity contribution in [1.29, 1.82) is 0 Å². The summed E-state index contributed by atoms with van der Waals surface area (Å²) in [5.41, 5.74) is 2.61. The molecule has 0 radical (unpaired) electrons. The van der Waals surface area contributed by atoms with E-state index < -0.39 is 0 Å². The fourth-order valence-corrected chi connectivity index (χ4v) is 2.98. The number of amides is 3. The molecule has 6 heteroatoms. The highest BCUT2D eigenvalue weighted by atomic mass is 16.5. The molecule has 1 aliphatic rings. The normalized spacial score (nSPS) is 15.0. The Bertz CT molecular complexity index is 672. The van der Waals surface area contributed by atoms with Crippen molar-refractivity contribution in [3.63, 3.8) is 0 Å². The standard InChI is InChI=1S/C20H31N3O3/c1-14-12-17(26-6)15(2)11-16(14)18(24)22-7-9-23(10-8-22)19(25)21-13-20(3,4)5/h11-12H,7-10,13H2,1-6H3,(H,21,25). The van der Waals surface area contributed by atoms with Crippen LogP contribution in [-0.4, -0.2) is 61.6 Å². The molecule has 26 heavy (non-hydrogen) atoms. The SMILES string of the molecule is COc1cc(C)c(C(=O)N2CCN(C(=O)NCC(C)(C)C)CC2)cc1C. The number of hydrogen-bond donors (Lipinski definition) is 1. The zero-order valence-electron chi connectivity index (χ0n) is 16.8. The number of rotatable bonds is 3. The van der Waals surface area contributed by atoms with Crippen LogP contribution in [0.1, 0.15) is 42.3 Å². The first-order valence-electron chi connectivity index (χ1n) is 9.09. The van der Waals surface area contributed by atoms with Crippen LogP contribution in [0.5, 0.6) is 5.75 Å². The molecule has 1 N–H and O–H groups in total. The first kappa shape index (κ1) is 20.1. The largest absolute Gasteiger partial charge is 0.496 e. The van der Waals surface area contributed by atoms with Gasteiger partial charge in [0.2, 0.25) is 0 Å². The Balaban J connectivity index is 1.96. The molecule has 0 bridgehead atoms. The fourth-order valence-electron chi connectivity index (χ4n) is 2.98. The average molecular weight is 361 g/mol. The van der Waals surface area contributed by atoms with Crippen LogP contribution in [0.4, 0.5) is 4.79 Å². The second kappa shape index (κ2) is 7.98. The number of urea groups is 1. The van der Waals surface area contributed by atoms with Crippen LogP contribution in [0.25, 0.3) is 0 Å². The number of hydrogen-bond acceptors (Lipinski definition) is 3. The van der Waals surface area contributed by atoms with E-state index in [0.29, 0.717) is 38.3 Å². The van der Waals surface area contributed by atoms with E-state index in [-0.39, 0.29) is 17.4 Å². The molecule has 1 heterocycles. The summed E-state index contributed by atoms with van der Waals surface area (Å²) >= 11 is 0. The molecule has 1 aromatic carbocycles. The van der Waals surface area contributed by atoms with Crippen molar-refractivity contribution in [2.45, 2.75) is 34.6 Å². The number of piperazine rings is 1. The minimum Gasteiger partial charge on any atom is -0.496 e. The summed E-state index contributed by atoms with van der Waals surface area (Å²) in [7, 11) is 1.63. The van der Waals surface area contributed by atoms with E-state index in [4.69, 9.17) is 4.74 Å². The molecule has 0 spiro atoms. The van der Waals surface area contributed by atoms with E-state index in [0.717, 1.165) is 16.9 Å². The second-order valence-corrected chi connectivity index (χ2v) is 8.14. The van der Waals surface area contributed by atoms with E-state index in [9.17, 15) is 9.59 Å². The summed E-state index contributed by atoms with van der Waals surface area (Å²) < 4.78 is 5.32. The first-order valence-corrected chi connectivity index (χ1v) is 9.09. The van der Waals surface area contributed by atoms with Gasteiger partial charge in [-0.3, -0.25) is 4.79 Å². The molecule has 1 fully saturated rings. The van der Waals surface area contributed by atoms with E-state index in [1.807, 2.05) is 30.9 Å². The third kappa shape index (κ3) is 4.90. The molecule has 0 aromatic heterocycles. The molecule has 0 unspecified atom stereocenters.